The minimum atomic E-state index is -1.71. The van der Waals surface area contributed by atoms with Gasteiger partial charge in [-0.15, -0.1) is 0 Å². The van der Waals surface area contributed by atoms with Gasteiger partial charge >= 0.3 is 5.97 Å². The van der Waals surface area contributed by atoms with Crippen molar-refractivity contribution < 1.29 is 29.3 Å². The Morgan fingerprint density at radius 1 is 0.857 bits per heavy atom. The number of imidazole rings is 1. The average molecular weight is 744 g/mol. The minimum Gasteiger partial charge on any atom is -0.508 e. The lowest BCUT2D eigenvalue weighted by molar-refractivity contribution is -0.178. The van der Waals surface area contributed by atoms with Gasteiger partial charge in [-0.05, 0) is 64.7 Å². The van der Waals surface area contributed by atoms with Crippen LogP contribution in [0.15, 0.2) is 127 Å². The molecule has 0 aliphatic carbocycles. The van der Waals surface area contributed by atoms with Crippen molar-refractivity contribution in [3.63, 3.8) is 0 Å². The Bertz CT molecular complexity index is 2500. The summed E-state index contributed by atoms with van der Waals surface area (Å²) in [5, 5.41) is 26.1. The van der Waals surface area contributed by atoms with Gasteiger partial charge in [-0.3, -0.25) is 19.3 Å². The molecule has 5 N–H and O–H groups in total. The van der Waals surface area contributed by atoms with Crippen LogP contribution in [0.4, 0.5) is 5.69 Å². The van der Waals surface area contributed by atoms with E-state index in [2.05, 4.69) is 32.4 Å². The van der Waals surface area contributed by atoms with E-state index >= 15 is 9.59 Å². The number of carbonyl (C=O) groups is 3. The zero-order valence-corrected chi connectivity index (χ0v) is 30.1. The number of aromatic hydroxyl groups is 1. The second-order valence-corrected chi connectivity index (χ2v) is 14.3. The second-order valence-electron chi connectivity index (χ2n) is 14.3. The number of benzene rings is 5. The van der Waals surface area contributed by atoms with E-state index < -0.39 is 53.3 Å². The fourth-order valence-electron chi connectivity index (χ4n) is 8.92. The molecule has 5 aromatic carbocycles. The molecule has 6 aromatic rings. The summed E-state index contributed by atoms with van der Waals surface area (Å²) in [6, 6.07) is 35.8. The Kier molecular flexibility index (Phi) is 8.85. The molecule has 3 aliphatic rings. The van der Waals surface area contributed by atoms with Crippen LogP contribution in [0.1, 0.15) is 58.3 Å². The highest BCUT2D eigenvalue weighted by Crippen LogP contribution is 2.64. The number of anilines is 1. The molecular formula is C45H37N5O6. The van der Waals surface area contributed by atoms with Crippen molar-refractivity contribution in [2.24, 2.45) is 5.92 Å². The lowest BCUT2D eigenvalue weighted by atomic mass is 9.65. The number of rotatable bonds is 7. The normalized spacial score (nSPS) is 23.8. The molecule has 2 amide bonds. The number of morpholine rings is 1. The number of fused-ring (bicyclic) bond motifs is 4. The number of nitrogens with one attached hydrogen (secondary N) is 3. The van der Waals surface area contributed by atoms with Crippen LogP contribution in [0.5, 0.6) is 5.75 Å². The van der Waals surface area contributed by atoms with Crippen molar-refractivity contribution in [2.45, 2.75) is 42.6 Å². The van der Waals surface area contributed by atoms with Crippen LogP contribution < -0.4 is 10.6 Å². The Labute approximate surface area is 322 Å². The summed E-state index contributed by atoms with van der Waals surface area (Å²) in [7, 11) is 0. The van der Waals surface area contributed by atoms with Crippen LogP contribution in [-0.4, -0.2) is 55.5 Å². The van der Waals surface area contributed by atoms with Gasteiger partial charge in [0.25, 0.3) is 0 Å². The first-order chi connectivity index (χ1) is 27.4. The highest BCUT2D eigenvalue weighted by molar-refractivity contribution is 6.12. The van der Waals surface area contributed by atoms with E-state index in [-0.39, 0.29) is 25.3 Å². The van der Waals surface area contributed by atoms with Crippen molar-refractivity contribution >= 4 is 34.5 Å². The largest absolute Gasteiger partial charge is 0.508 e. The molecule has 278 valence electrons. The lowest BCUT2D eigenvalue weighted by Crippen LogP contribution is -2.54. The molecule has 0 bridgehead atoms. The number of aliphatic hydroxyl groups is 1. The molecule has 0 unspecified atom stereocenters. The van der Waals surface area contributed by atoms with Crippen molar-refractivity contribution in [3.8, 4) is 17.6 Å². The number of ether oxygens (including phenoxy) is 1. The molecule has 0 saturated carbocycles. The van der Waals surface area contributed by atoms with E-state index in [4.69, 9.17) is 4.74 Å². The van der Waals surface area contributed by atoms with Gasteiger partial charge < -0.3 is 30.6 Å². The molecular weight excluding hydrogens is 707 g/mol. The number of para-hydroxylation sites is 2. The predicted octanol–water partition coefficient (Wildman–Crippen LogP) is 5.59. The third-order valence-corrected chi connectivity index (χ3v) is 11.1. The molecule has 11 nitrogen and oxygen atoms in total. The molecule has 2 saturated heterocycles. The summed E-state index contributed by atoms with van der Waals surface area (Å²) in [5.74, 6) is 3.64. The van der Waals surface area contributed by atoms with Crippen molar-refractivity contribution in [2.75, 3.05) is 11.9 Å². The Morgan fingerprint density at radius 2 is 1.57 bits per heavy atom. The summed E-state index contributed by atoms with van der Waals surface area (Å²) in [6.07, 6.45) is -0.556. The Balaban J connectivity index is 1.29. The van der Waals surface area contributed by atoms with Gasteiger partial charge in [-0.25, -0.2) is 4.98 Å². The number of phenolic OH excluding ortho intramolecular Hbond substituents is 1. The van der Waals surface area contributed by atoms with Gasteiger partial charge in [0.1, 0.15) is 29.1 Å². The van der Waals surface area contributed by atoms with Crippen molar-refractivity contribution in [1.82, 2.24) is 20.2 Å². The number of esters is 1. The quantitative estimate of drug-likeness (QED) is 0.105. The molecule has 9 rings (SSSR count). The molecule has 6 atom stereocenters. The number of hydrogen-bond acceptors (Lipinski definition) is 8. The number of amides is 2. The molecule has 2 fully saturated rings. The van der Waals surface area contributed by atoms with Crippen LogP contribution in [0.25, 0.3) is 11.0 Å². The van der Waals surface area contributed by atoms with Crippen LogP contribution >= 0.6 is 0 Å². The number of carbonyl (C=O) groups excluding carboxylic acids is 3. The number of H-pyrrole nitrogens is 1. The number of aromatic amines is 1. The molecule has 1 aromatic heterocycles. The molecule has 0 radical (unpaired) electrons. The number of aliphatic hydroxyl groups excluding tert-OH is 1. The molecule has 1 spiro atoms. The van der Waals surface area contributed by atoms with E-state index in [1.165, 1.54) is 0 Å². The minimum absolute atomic E-state index is 0.00163. The molecule has 56 heavy (non-hydrogen) atoms. The van der Waals surface area contributed by atoms with Crippen LogP contribution in [0, 0.1) is 17.8 Å². The smallest absolute Gasteiger partial charge is 0.324 e. The Morgan fingerprint density at radius 3 is 2.30 bits per heavy atom. The number of nitrogens with zero attached hydrogens (tertiary/aromatic N) is 2. The summed E-state index contributed by atoms with van der Waals surface area (Å²) >= 11 is 0. The second kappa shape index (κ2) is 14.2. The van der Waals surface area contributed by atoms with E-state index in [0.29, 0.717) is 28.2 Å². The standard InChI is InChI=1S/C45H37N5O6/c51-24-10-9-11-27-18-23-33-32(25-27)45(44(55)49-33)37(42(53)46-26-36-47-34-16-7-8-17-35(34)48-36)39-43(54)56-40(29-14-5-2-6-15-29)38(28-12-3-1-4-13-28)50(39)41(45)30-19-21-31(52)22-20-30/h1-8,12-23,25,37-41,51-52H,10,24,26H2,(H,46,53)(H,47,48)(H,49,55)/t37-,38-,39-,40+,41+,45-/m1/s1. The number of hydrogen-bond donors (Lipinski definition) is 5. The summed E-state index contributed by atoms with van der Waals surface area (Å²) in [6.45, 7) is -0.109. The number of aromatic nitrogens is 2. The summed E-state index contributed by atoms with van der Waals surface area (Å²) in [4.78, 5) is 55.2. The first-order valence-corrected chi connectivity index (χ1v) is 18.5. The van der Waals surface area contributed by atoms with E-state index in [1.54, 1.807) is 42.5 Å². The zero-order chi connectivity index (χ0) is 38.4. The van der Waals surface area contributed by atoms with E-state index in [9.17, 15) is 15.0 Å². The zero-order valence-electron chi connectivity index (χ0n) is 30.1. The van der Waals surface area contributed by atoms with Gasteiger partial charge in [-0.1, -0.05) is 96.8 Å². The number of phenols is 1. The van der Waals surface area contributed by atoms with Gasteiger partial charge in [-0.2, -0.15) is 0 Å². The summed E-state index contributed by atoms with van der Waals surface area (Å²) < 4.78 is 6.46. The van der Waals surface area contributed by atoms with Crippen molar-refractivity contribution in [3.05, 3.63) is 161 Å². The van der Waals surface area contributed by atoms with Crippen LogP contribution in [0.3, 0.4) is 0 Å². The fourth-order valence-corrected chi connectivity index (χ4v) is 8.92. The van der Waals surface area contributed by atoms with Crippen molar-refractivity contribution in [1.29, 1.82) is 0 Å². The van der Waals surface area contributed by atoms with Gasteiger partial charge in [0, 0.05) is 17.7 Å². The topological polar surface area (TPSA) is 157 Å². The monoisotopic (exact) mass is 743 g/mol. The molecule has 3 aliphatic heterocycles. The SMILES string of the molecule is O=C1O[C@@H](c2ccccc2)[C@@H](c2ccccc2)N2[C@@H](c3ccc(O)cc3)[C@]3(C(=O)Nc4ccc(C#CCCO)cc43)[C@@H](C(=O)NCc3nc4ccccc4[nH]3)[C@H]12. The first-order valence-electron chi connectivity index (χ1n) is 18.5. The molecule has 4 heterocycles. The maximum Gasteiger partial charge on any atom is 0.324 e. The van der Waals surface area contributed by atoms with Gasteiger partial charge in [0.2, 0.25) is 11.8 Å². The molecule has 11 heteroatoms. The average Bonchev–Trinajstić information content (AvgIpc) is 3.88. The summed E-state index contributed by atoms with van der Waals surface area (Å²) in [5.41, 5.74) is 3.60. The van der Waals surface area contributed by atoms with E-state index in [1.807, 2.05) is 89.8 Å². The first kappa shape index (κ1) is 35.0. The number of cyclic esters (lactones) is 1. The third-order valence-electron chi connectivity index (χ3n) is 11.1. The highest BCUT2D eigenvalue weighted by atomic mass is 16.6. The maximum absolute atomic E-state index is 15.2. The van der Waals surface area contributed by atoms with Crippen LogP contribution in [-0.2, 0) is 31.1 Å². The maximum atomic E-state index is 15.2. The lowest BCUT2D eigenvalue weighted by Gasteiger charge is -2.46. The van der Waals surface area contributed by atoms with Crippen LogP contribution in [0.2, 0.25) is 0 Å². The van der Waals surface area contributed by atoms with E-state index in [0.717, 1.165) is 22.2 Å². The predicted molar refractivity (Wildman–Crippen MR) is 208 cm³/mol. The van der Waals surface area contributed by atoms with Gasteiger partial charge in [0.15, 0.2) is 0 Å². The Hall–Kier alpha value is -6.74. The third kappa shape index (κ3) is 5.70. The fraction of sp³-hybridized carbons (Fsp3) is 0.200. The van der Waals surface area contributed by atoms with Gasteiger partial charge in [0.05, 0.1) is 42.2 Å². The highest BCUT2D eigenvalue weighted by Gasteiger charge is 2.74.